The van der Waals surface area contributed by atoms with Crippen LogP contribution in [0.5, 0.6) is 0 Å². The Balaban J connectivity index is 3.86. The Hall–Kier alpha value is -0.810. The lowest BCUT2D eigenvalue weighted by Crippen LogP contribution is -2.44. The highest BCUT2D eigenvalue weighted by Gasteiger charge is 2.06. The molecule has 0 saturated heterocycles. The van der Waals surface area contributed by atoms with Gasteiger partial charge < -0.3 is 20.4 Å². The fraction of sp³-hybridized carbons (Fsp3) is 0.938. The van der Waals surface area contributed by atoms with E-state index in [4.69, 9.17) is 0 Å². The lowest BCUT2D eigenvalue weighted by molar-refractivity contribution is 0.292. The summed E-state index contributed by atoms with van der Waals surface area (Å²) in [5.41, 5.74) is 0. The monoisotopic (exact) mass is 299 g/mol. The van der Waals surface area contributed by atoms with Crippen molar-refractivity contribution in [1.82, 2.24) is 20.4 Å². The van der Waals surface area contributed by atoms with Crippen LogP contribution in [0.4, 0.5) is 0 Å². The molecule has 0 rings (SSSR count). The molecule has 21 heavy (non-hydrogen) atoms. The highest BCUT2D eigenvalue weighted by Crippen LogP contribution is 1.99. The zero-order valence-electron chi connectivity index (χ0n) is 15.1. The van der Waals surface area contributed by atoms with Crippen LogP contribution in [0.25, 0.3) is 0 Å². The summed E-state index contributed by atoms with van der Waals surface area (Å²) >= 11 is 0. The smallest absolute Gasteiger partial charge is 0.191 e. The van der Waals surface area contributed by atoms with Crippen LogP contribution in [0.1, 0.15) is 40.5 Å². The first-order valence-corrected chi connectivity index (χ1v) is 8.45. The fourth-order valence-electron chi connectivity index (χ4n) is 2.18. The van der Waals surface area contributed by atoms with Crippen molar-refractivity contribution < 1.29 is 0 Å². The van der Waals surface area contributed by atoms with Crippen molar-refractivity contribution in [3.8, 4) is 0 Å². The predicted octanol–water partition coefficient (Wildman–Crippen LogP) is 1.61. The topological polar surface area (TPSA) is 42.9 Å². The Morgan fingerprint density at radius 2 is 1.76 bits per heavy atom. The van der Waals surface area contributed by atoms with Crippen LogP contribution in [-0.2, 0) is 0 Å². The van der Waals surface area contributed by atoms with E-state index >= 15 is 0 Å². The molecule has 2 N–H and O–H groups in total. The summed E-state index contributed by atoms with van der Waals surface area (Å²) in [6.45, 7) is 15.4. The first kappa shape index (κ1) is 20.2. The molecule has 5 nitrogen and oxygen atoms in total. The second-order valence-electron chi connectivity index (χ2n) is 5.61. The first-order chi connectivity index (χ1) is 10.1. The van der Waals surface area contributed by atoms with E-state index in [0.717, 1.165) is 38.7 Å². The molecule has 0 radical (unpaired) electrons. The maximum absolute atomic E-state index is 4.29. The van der Waals surface area contributed by atoms with Crippen molar-refractivity contribution in [2.75, 3.05) is 53.4 Å². The summed E-state index contributed by atoms with van der Waals surface area (Å²) in [5.74, 6) is 0.912. The third-order valence-electron chi connectivity index (χ3n) is 3.94. The van der Waals surface area contributed by atoms with Gasteiger partial charge in [-0.2, -0.15) is 0 Å². The molecule has 0 aliphatic rings. The quantitative estimate of drug-likeness (QED) is 0.449. The summed E-state index contributed by atoms with van der Waals surface area (Å²) in [7, 11) is 3.97. The molecule has 0 bridgehead atoms. The molecule has 126 valence electrons. The number of rotatable bonds is 11. The minimum absolute atomic E-state index is 0.454. The van der Waals surface area contributed by atoms with Gasteiger partial charge in [-0.25, -0.2) is 0 Å². The average molecular weight is 300 g/mol. The van der Waals surface area contributed by atoms with Crippen molar-refractivity contribution in [2.45, 2.75) is 46.6 Å². The summed E-state index contributed by atoms with van der Waals surface area (Å²) in [6.07, 6.45) is 2.40. The molecule has 1 unspecified atom stereocenters. The maximum atomic E-state index is 4.29. The van der Waals surface area contributed by atoms with Crippen molar-refractivity contribution >= 4 is 5.96 Å². The van der Waals surface area contributed by atoms with Gasteiger partial charge in [0.1, 0.15) is 0 Å². The Morgan fingerprint density at radius 1 is 1.10 bits per heavy atom. The molecule has 0 aromatic carbocycles. The highest BCUT2D eigenvalue weighted by atomic mass is 15.2. The molecule has 0 heterocycles. The minimum Gasteiger partial charge on any atom is -0.355 e. The zero-order chi connectivity index (χ0) is 16.1. The molecule has 0 amide bonds. The third-order valence-corrected chi connectivity index (χ3v) is 3.94. The largest absolute Gasteiger partial charge is 0.355 e. The maximum Gasteiger partial charge on any atom is 0.191 e. The summed E-state index contributed by atoms with van der Waals surface area (Å²) in [6, 6.07) is 0.454. The van der Waals surface area contributed by atoms with Crippen LogP contribution in [0.3, 0.4) is 0 Å². The zero-order valence-corrected chi connectivity index (χ0v) is 15.1. The van der Waals surface area contributed by atoms with E-state index in [-0.39, 0.29) is 0 Å². The van der Waals surface area contributed by atoms with E-state index in [1.54, 1.807) is 0 Å². The number of nitrogens with one attached hydrogen (secondary N) is 2. The van der Waals surface area contributed by atoms with Gasteiger partial charge in [-0.3, -0.25) is 4.99 Å². The second kappa shape index (κ2) is 12.9. The Labute approximate surface area is 132 Å². The van der Waals surface area contributed by atoms with Gasteiger partial charge in [-0.05, 0) is 53.0 Å². The Kier molecular flexibility index (Phi) is 12.4. The summed E-state index contributed by atoms with van der Waals surface area (Å²) in [4.78, 5) is 9.05. The van der Waals surface area contributed by atoms with Gasteiger partial charge in [-0.15, -0.1) is 0 Å². The minimum atomic E-state index is 0.454. The second-order valence-corrected chi connectivity index (χ2v) is 5.61. The van der Waals surface area contributed by atoms with Gasteiger partial charge in [0.25, 0.3) is 0 Å². The molecule has 0 saturated carbocycles. The predicted molar refractivity (Wildman–Crippen MR) is 94.2 cm³/mol. The van der Waals surface area contributed by atoms with Gasteiger partial charge in [0.05, 0.1) is 0 Å². The van der Waals surface area contributed by atoms with E-state index < -0.39 is 0 Å². The molecule has 0 aromatic heterocycles. The van der Waals surface area contributed by atoms with Crippen LogP contribution in [0.2, 0.25) is 0 Å². The van der Waals surface area contributed by atoms with Crippen LogP contribution < -0.4 is 10.6 Å². The number of likely N-dealkylation sites (N-methyl/N-ethyl adjacent to an activating group) is 1. The number of hydrogen-bond acceptors (Lipinski definition) is 3. The molecule has 5 heteroatoms. The first-order valence-electron chi connectivity index (χ1n) is 8.45. The Bertz CT molecular complexity index is 263. The average Bonchev–Trinajstić information content (AvgIpc) is 2.50. The van der Waals surface area contributed by atoms with Crippen molar-refractivity contribution in [2.24, 2.45) is 4.99 Å². The molecule has 1 atom stereocenters. The van der Waals surface area contributed by atoms with E-state index in [9.17, 15) is 0 Å². The normalized spacial score (nSPS) is 13.8. The molecule has 0 fully saturated rings. The van der Waals surface area contributed by atoms with Gasteiger partial charge in [0.15, 0.2) is 5.96 Å². The number of nitrogens with zero attached hydrogens (tertiary/aromatic N) is 3. The fourth-order valence-corrected chi connectivity index (χ4v) is 2.18. The molecule has 0 aromatic rings. The van der Waals surface area contributed by atoms with Crippen molar-refractivity contribution in [1.29, 1.82) is 0 Å². The van der Waals surface area contributed by atoms with Crippen molar-refractivity contribution in [3.05, 3.63) is 0 Å². The summed E-state index contributed by atoms with van der Waals surface area (Å²) in [5, 5.41) is 6.84. The third kappa shape index (κ3) is 10.5. The van der Waals surface area contributed by atoms with E-state index in [1.807, 2.05) is 7.05 Å². The van der Waals surface area contributed by atoms with Gasteiger partial charge >= 0.3 is 0 Å². The van der Waals surface area contributed by atoms with E-state index in [0.29, 0.717) is 6.04 Å². The standard InChI is InChI=1S/C16H37N5/c1-7-20(6)14-12-18-16(17-5)19-15(4)11-10-13-21(8-2)9-3/h15H,7-14H2,1-6H3,(H2,17,18,19). The molecule has 0 aliphatic heterocycles. The highest BCUT2D eigenvalue weighted by molar-refractivity contribution is 5.79. The van der Waals surface area contributed by atoms with Gasteiger partial charge in [0, 0.05) is 26.2 Å². The van der Waals surface area contributed by atoms with Gasteiger partial charge in [-0.1, -0.05) is 20.8 Å². The van der Waals surface area contributed by atoms with Crippen LogP contribution in [0.15, 0.2) is 4.99 Å². The van der Waals surface area contributed by atoms with Crippen LogP contribution >= 0.6 is 0 Å². The Morgan fingerprint density at radius 3 is 2.29 bits per heavy atom. The lowest BCUT2D eigenvalue weighted by atomic mass is 10.2. The number of hydrogen-bond donors (Lipinski definition) is 2. The van der Waals surface area contributed by atoms with Crippen LogP contribution in [0, 0.1) is 0 Å². The van der Waals surface area contributed by atoms with Crippen molar-refractivity contribution in [3.63, 3.8) is 0 Å². The number of guanidine groups is 1. The SMILES string of the molecule is CCN(C)CCNC(=NC)NC(C)CCCN(CC)CC. The molecular formula is C16H37N5. The lowest BCUT2D eigenvalue weighted by Gasteiger charge is -2.21. The number of aliphatic imine (C=N–C) groups is 1. The molecule has 0 aliphatic carbocycles. The molecular weight excluding hydrogens is 262 g/mol. The molecule has 0 spiro atoms. The summed E-state index contributed by atoms with van der Waals surface area (Å²) < 4.78 is 0. The van der Waals surface area contributed by atoms with Gasteiger partial charge in [0.2, 0.25) is 0 Å². The van der Waals surface area contributed by atoms with E-state index in [1.165, 1.54) is 19.4 Å². The van der Waals surface area contributed by atoms with E-state index in [2.05, 4.69) is 60.2 Å². The van der Waals surface area contributed by atoms with Crippen LogP contribution in [-0.4, -0.2) is 75.2 Å².